The van der Waals surface area contributed by atoms with E-state index in [4.69, 9.17) is 0 Å². The number of alkyl halides is 3. The van der Waals surface area contributed by atoms with Crippen molar-refractivity contribution in [3.8, 4) is 0 Å². The average molecular weight is 259 g/mol. The summed E-state index contributed by atoms with van der Waals surface area (Å²) in [6.07, 6.45) is 1.98. The molecule has 1 nitrogen and oxygen atoms in total. The molecular formula is C14H20F3N. The Labute approximate surface area is 106 Å². The van der Waals surface area contributed by atoms with E-state index in [9.17, 15) is 13.2 Å². The van der Waals surface area contributed by atoms with Gasteiger partial charge in [-0.3, -0.25) is 4.98 Å². The molecule has 1 aromatic heterocycles. The van der Waals surface area contributed by atoms with Crippen LogP contribution in [0.25, 0.3) is 0 Å². The lowest BCUT2D eigenvalue weighted by Gasteiger charge is -2.17. The second-order valence-electron chi connectivity index (χ2n) is 4.69. The van der Waals surface area contributed by atoms with E-state index in [2.05, 4.69) is 11.9 Å². The van der Waals surface area contributed by atoms with Gasteiger partial charge in [-0.1, -0.05) is 45.6 Å². The van der Waals surface area contributed by atoms with Crippen LogP contribution >= 0.6 is 0 Å². The van der Waals surface area contributed by atoms with Crippen molar-refractivity contribution in [1.29, 1.82) is 0 Å². The van der Waals surface area contributed by atoms with Gasteiger partial charge < -0.3 is 0 Å². The fourth-order valence-electron chi connectivity index (χ4n) is 2.09. The fraction of sp³-hybridized carbons (Fsp3) is 0.643. The van der Waals surface area contributed by atoms with Crippen LogP contribution in [0.2, 0.25) is 0 Å². The number of hydrogen-bond acceptors (Lipinski definition) is 1. The third kappa shape index (κ3) is 4.31. The maximum Gasteiger partial charge on any atom is 0.433 e. The molecule has 1 heterocycles. The highest BCUT2D eigenvalue weighted by Crippen LogP contribution is 2.34. The topological polar surface area (TPSA) is 12.9 Å². The molecule has 0 aliphatic heterocycles. The molecule has 0 radical (unpaired) electrons. The Bertz CT molecular complexity index is 360. The Kier molecular flexibility index (Phi) is 5.63. The molecule has 0 amide bonds. The van der Waals surface area contributed by atoms with Crippen molar-refractivity contribution in [1.82, 2.24) is 4.98 Å². The van der Waals surface area contributed by atoms with Crippen LogP contribution in [0.15, 0.2) is 18.3 Å². The second kappa shape index (κ2) is 6.76. The zero-order chi connectivity index (χ0) is 13.6. The maximum atomic E-state index is 12.8. The van der Waals surface area contributed by atoms with E-state index in [1.807, 2.05) is 6.92 Å². The number of pyridine rings is 1. The molecule has 0 fully saturated rings. The number of hydrogen-bond donors (Lipinski definition) is 0. The molecule has 1 rings (SSSR count). The first-order valence-corrected chi connectivity index (χ1v) is 6.49. The lowest BCUT2D eigenvalue weighted by Crippen LogP contribution is -2.13. The van der Waals surface area contributed by atoms with Gasteiger partial charge in [-0.05, 0) is 24.0 Å². The molecule has 1 atom stereocenters. The molecule has 18 heavy (non-hydrogen) atoms. The van der Waals surface area contributed by atoms with E-state index in [1.165, 1.54) is 6.20 Å². The van der Waals surface area contributed by atoms with Crippen molar-refractivity contribution < 1.29 is 13.2 Å². The lowest BCUT2D eigenvalue weighted by molar-refractivity contribution is -0.142. The van der Waals surface area contributed by atoms with E-state index in [1.54, 1.807) is 12.1 Å². The van der Waals surface area contributed by atoms with Crippen molar-refractivity contribution >= 4 is 0 Å². The Morgan fingerprint density at radius 3 is 2.56 bits per heavy atom. The molecule has 4 heteroatoms. The van der Waals surface area contributed by atoms with Crippen LogP contribution in [0.5, 0.6) is 0 Å². The quantitative estimate of drug-likeness (QED) is 0.642. The fourth-order valence-corrected chi connectivity index (χ4v) is 2.09. The normalized spacial score (nSPS) is 13.6. The van der Waals surface area contributed by atoms with Crippen LogP contribution in [0.1, 0.15) is 63.1 Å². The number of halogens is 3. The van der Waals surface area contributed by atoms with Crippen LogP contribution in [-0.2, 0) is 6.18 Å². The third-order valence-electron chi connectivity index (χ3n) is 3.13. The number of rotatable bonds is 6. The van der Waals surface area contributed by atoms with Gasteiger partial charge in [-0.15, -0.1) is 0 Å². The van der Waals surface area contributed by atoms with Crippen molar-refractivity contribution in [3.63, 3.8) is 0 Å². The van der Waals surface area contributed by atoms with Gasteiger partial charge in [0.1, 0.15) is 5.69 Å². The zero-order valence-corrected chi connectivity index (χ0v) is 10.9. The number of aromatic nitrogens is 1. The lowest BCUT2D eigenvalue weighted by atomic mass is 9.93. The summed E-state index contributed by atoms with van der Waals surface area (Å²) >= 11 is 0. The van der Waals surface area contributed by atoms with E-state index in [-0.39, 0.29) is 5.92 Å². The predicted molar refractivity (Wildman–Crippen MR) is 66.4 cm³/mol. The van der Waals surface area contributed by atoms with Gasteiger partial charge in [0, 0.05) is 6.20 Å². The molecule has 102 valence electrons. The molecule has 1 aromatic rings. The molecule has 0 saturated carbocycles. The van der Waals surface area contributed by atoms with Gasteiger partial charge in [0.15, 0.2) is 0 Å². The monoisotopic (exact) mass is 259 g/mol. The first kappa shape index (κ1) is 15.0. The molecule has 1 unspecified atom stereocenters. The van der Waals surface area contributed by atoms with E-state index in [0.29, 0.717) is 5.56 Å². The highest BCUT2D eigenvalue weighted by molar-refractivity contribution is 5.25. The summed E-state index contributed by atoms with van der Waals surface area (Å²) in [4.78, 5) is 3.49. The molecule has 0 spiro atoms. The van der Waals surface area contributed by atoms with Crippen LogP contribution in [0, 0.1) is 0 Å². The zero-order valence-electron chi connectivity index (χ0n) is 10.9. The van der Waals surface area contributed by atoms with Crippen LogP contribution in [0.3, 0.4) is 0 Å². The van der Waals surface area contributed by atoms with Crippen LogP contribution < -0.4 is 0 Å². The van der Waals surface area contributed by atoms with Gasteiger partial charge in [-0.25, -0.2) is 0 Å². The summed E-state index contributed by atoms with van der Waals surface area (Å²) in [5, 5.41) is 0. The molecular weight excluding hydrogens is 239 g/mol. The van der Waals surface area contributed by atoms with Crippen molar-refractivity contribution in [2.45, 2.75) is 58.0 Å². The molecule has 0 N–H and O–H groups in total. The summed E-state index contributed by atoms with van der Waals surface area (Å²) < 4.78 is 38.4. The number of nitrogens with zero attached hydrogens (tertiary/aromatic N) is 1. The van der Waals surface area contributed by atoms with Gasteiger partial charge >= 0.3 is 6.18 Å². The molecule has 0 aliphatic carbocycles. The van der Waals surface area contributed by atoms with E-state index >= 15 is 0 Å². The maximum absolute atomic E-state index is 12.8. The standard InChI is InChI=1S/C14H20F3N/c1-3-4-5-6-8-11(2)12-9-7-10-18-13(12)14(15,16)17/h7,9-11H,3-6,8H2,1-2H3. The SMILES string of the molecule is CCCCCCC(C)c1cccnc1C(F)(F)F. The average Bonchev–Trinajstić information content (AvgIpc) is 2.33. The third-order valence-corrected chi connectivity index (χ3v) is 3.13. The molecule has 0 saturated heterocycles. The summed E-state index contributed by atoms with van der Waals surface area (Å²) in [6, 6.07) is 3.12. The Morgan fingerprint density at radius 2 is 1.94 bits per heavy atom. The predicted octanol–water partition coefficient (Wildman–Crippen LogP) is 5.17. The Hall–Kier alpha value is -1.06. The van der Waals surface area contributed by atoms with Gasteiger partial charge in [0.25, 0.3) is 0 Å². The largest absolute Gasteiger partial charge is 0.433 e. The minimum atomic E-state index is -4.35. The summed E-state index contributed by atoms with van der Waals surface area (Å²) in [6.45, 7) is 3.96. The minimum Gasteiger partial charge on any atom is -0.252 e. The Morgan fingerprint density at radius 1 is 1.22 bits per heavy atom. The van der Waals surface area contributed by atoms with E-state index < -0.39 is 11.9 Å². The molecule has 0 aromatic carbocycles. The van der Waals surface area contributed by atoms with Crippen LogP contribution in [-0.4, -0.2) is 4.98 Å². The first-order chi connectivity index (χ1) is 8.46. The van der Waals surface area contributed by atoms with Gasteiger partial charge in [0.05, 0.1) is 0 Å². The van der Waals surface area contributed by atoms with E-state index in [0.717, 1.165) is 32.1 Å². The van der Waals surface area contributed by atoms with Crippen molar-refractivity contribution in [2.24, 2.45) is 0 Å². The Balaban J connectivity index is 2.70. The first-order valence-electron chi connectivity index (χ1n) is 6.49. The molecule has 0 aliphatic rings. The summed E-state index contributed by atoms with van der Waals surface area (Å²) in [7, 11) is 0. The molecule has 0 bridgehead atoms. The minimum absolute atomic E-state index is 0.0906. The highest BCUT2D eigenvalue weighted by Gasteiger charge is 2.35. The summed E-state index contributed by atoms with van der Waals surface area (Å²) in [5.41, 5.74) is -0.408. The number of unbranched alkanes of at least 4 members (excludes halogenated alkanes) is 3. The highest BCUT2D eigenvalue weighted by atomic mass is 19.4. The smallest absolute Gasteiger partial charge is 0.252 e. The van der Waals surface area contributed by atoms with Gasteiger partial charge in [-0.2, -0.15) is 13.2 Å². The second-order valence-corrected chi connectivity index (χ2v) is 4.69. The summed E-state index contributed by atoms with van der Waals surface area (Å²) in [5.74, 6) is -0.0906. The van der Waals surface area contributed by atoms with Crippen molar-refractivity contribution in [2.75, 3.05) is 0 Å². The van der Waals surface area contributed by atoms with Crippen LogP contribution in [0.4, 0.5) is 13.2 Å². The van der Waals surface area contributed by atoms with Gasteiger partial charge in [0.2, 0.25) is 0 Å². The van der Waals surface area contributed by atoms with Crippen molar-refractivity contribution in [3.05, 3.63) is 29.6 Å².